The molecule has 1 N–H and O–H groups in total. The minimum atomic E-state index is -3.81. The summed E-state index contributed by atoms with van der Waals surface area (Å²) < 4.78 is 37.2. The monoisotopic (exact) mass is 295 g/mol. The number of hydrogen-bond donors (Lipinski definition) is 1. The van der Waals surface area contributed by atoms with E-state index in [4.69, 9.17) is 9.47 Å². The van der Waals surface area contributed by atoms with Gasteiger partial charge in [-0.2, -0.15) is 10.2 Å². The zero-order valence-corrected chi connectivity index (χ0v) is 11.7. The Morgan fingerprint density at radius 2 is 1.90 bits per heavy atom. The summed E-state index contributed by atoms with van der Waals surface area (Å²) in [7, 11) is -0.957. The van der Waals surface area contributed by atoms with Gasteiger partial charge in [-0.25, -0.2) is 8.42 Å². The summed E-state index contributed by atoms with van der Waals surface area (Å²) in [5, 5.41) is 7.19. The van der Waals surface area contributed by atoms with Crippen molar-refractivity contribution in [3.63, 3.8) is 0 Å². The van der Waals surface area contributed by atoms with E-state index in [-0.39, 0.29) is 10.6 Å². The van der Waals surface area contributed by atoms with Crippen molar-refractivity contribution >= 4 is 15.7 Å². The van der Waals surface area contributed by atoms with E-state index in [1.165, 1.54) is 44.8 Å². The summed E-state index contributed by atoms with van der Waals surface area (Å²) in [4.78, 5) is -0.0174. The van der Waals surface area contributed by atoms with E-state index in [0.29, 0.717) is 11.4 Å². The number of benzene rings is 1. The molecule has 0 saturated heterocycles. The highest BCUT2D eigenvalue weighted by atomic mass is 32.2. The zero-order valence-electron chi connectivity index (χ0n) is 10.9. The van der Waals surface area contributed by atoms with Crippen LogP contribution in [0.25, 0.3) is 0 Å². The lowest BCUT2D eigenvalue weighted by Crippen LogP contribution is -2.14. The number of methoxy groups -OCH3 is 2. The van der Waals surface area contributed by atoms with Crippen LogP contribution in [0.2, 0.25) is 0 Å². The molecule has 2 rings (SSSR count). The van der Waals surface area contributed by atoms with Crippen LogP contribution in [0, 0.1) is 0 Å². The lowest BCUT2D eigenvalue weighted by Gasteiger charge is -2.12. The Morgan fingerprint density at radius 1 is 1.10 bits per heavy atom. The smallest absolute Gasteiger partial charge is 0.265 e. The Bertz CT molecular complexity index is 689. The van der Waals surface area contributed by atoms with Gasteiger partial charge in [0.15, 0.2) is 0 Å². The average Bonchev–Trinajstić information content (AvgIpc) is 2.47. The zero-order chi connectivity index (χ0) is 14.6. The molecular weight excluding hydrogens is 282 g/mol. The number of hydrogen-bond acceptors (Lipinski definition) is 6. The second kappa shape index (κ2) is 5.74. The largest absolute Gasteiger partial charge is 0.497 e. The fourth-order valence-electron chi connectivity index (χ4n) is 1.56. The van der Waals surface area contributed by atoms with Gasteiger partial charge < -0.3 is 9.47 Å². The molecule has 0 fully saturated rings. The third-order valence-electron chi connectivity index (χ3n) is 2.50. The van der Waals surface area contributed by atoms with Crippen LogP contribution in [0.1, 0.15) is 0 Å². The van der Waals surface area contributed by atoms with Gasteiger partial charge in [-0.15, -0.1) is 0 Å². The normalized spacial score (nSPS) is 10.9. The van der Waals surface area contributed by atoms with Gasteiger partial charge in [0.05, 0.1) is 32.3 Å². The summed E-state index contributed by atoms with van der Waals surface area (Å²) in [6.45, 7) is 0. The van der Waals surface area contributed by atoms with Gasteiger partial charge >= 0.3 is 0 Å². The summed E-state index contributed by atoms with van der Waals surface area (Å²) >= 11 is 0. The molecule has 8 heteroatoms. The van der Waals surface area contributed by atoms with Crippen molar-refractivity contribution in [2.75, 3.05) is 18.9 Å². The fraction of sp³-hybridized carbons (Fsp3) is 0.167. The molecule has 0 unspecified atom stereocenters. The maximum Gasteiger partial charge on any atom is 0.265 e. The number of ether oxygens (including phenoxy) is 2. The number of nitrogens with one attached hydrogen (secondary N) is 1. The SMILES string of the molecule is COc1ccc(OC)c(S(=O)(=O)Nc2ccnnc2)c1. The first-order valence-corrected chi connectivity index (χ1v) is 7.06. The fourth-order valence-corrected chi connectivity index (χ4v) is 2.78. The van der Waals surface area contributed by atoms with E-state index < -0.39 is 10.0 Å². The van der Waals surface area contributed by atoms with Crippen molar-refractivity contribution in [2.24, 2.45) is 0 Å². The molecule has 0 bridgehead atoms. The number of nitrogens with zero attached hydrogens (tertiary/aromatic N) is 2. The first-order valence-electron chi connectivity index (χ1n) is 5.58. The van der Waals surface area contributed by atoms with Crippen LogP contribution >= 0.6 is 0 Å². The van der Waals surface area contributed by atoms with E-state index >= 15 is 0 Å². The van der Waals surface area contributed by atoms with E-state index in [1.807, 2.05) is 0 Å². The molecule has 7 nitrogen and oxygen atoms in total. The molecule has 106 valence electrons. The van der Waals surface area contributed by atoms with Crippen LogP contribution in [0.5, 0.6) is 11.5 Å². The van der Waals surface area contributed by atoms with Crippen molar-refractivity contribution in [2.45, 2.75) is 4.90 Å². The highest BCUT2D eigenvalue weighted by molar-refractivity contribution is 7.92. The van der Waals surface area contributed by atoms with Crippen LogP contribution in [0.4, 0.5) is 5.69 Å². The molecule has 1 heterocycles. The molecule has 0 spiro atoms. The summed E-state index contributed by atoms with van der Waals surface area (Å²) in [5.41, 5.74) is 0.310. The first-order chi connectivity index (χ1) is 9.56. The Hall–Kier alpha value is -2.35. The lowest BCUT2D eigenvalue weighted by atomic mass is 10.3. The average molecular weight is 295 g/mol. The van der Waals surface area contributed by atoms with Gasteiger partial charge in [0.25, 0.3) is 10.0 Å². The molecule has 0 aliphatic carbocycles. The molecule has 20 heavy (non-hydrogen) atoms. The minimum Gasteiger partial charge on any atom is -0.497 e. The third-order valence-corrected chi connectivity index (χ3v) is 3.90. The lowest BCUT2D eigenvalue weighted by molar-refractivity contribution is 0.392. The second-order valence-corrected chi connectivity index (χ2v) is 5.40. The topological polar surface area (TPSA) is 90.4 Å². The van der Waals surface area contributed by atoms with Gasteiger partial charge in [0.1, 0.15) is 16.4 Å². The number of sulfonamides is 1. The molecule has 0 atom stereocenters. The molecule has 1 aromatic carbocycles. The predicted octanol–water partition coefficient (Wildman–Crippen LogP) is 1.29. The van der Waals surface area contributed by atoms with Gasteiger partial charge in [-0.1, -0.05) is 0 Å². The highest BCUT2D eigenvalue weighted by Crippen LogP contribution is 2.29. The summed E-state index contributed by atoms with van der Waals surface area (Å²) in [6, 6.07) is 6.02. The third kappa shape index (κ3) is 2.97. The van der Waals surface area contributed by atoms with E-state index in [1.54, 1.807) is 6.07 Å². The number of anilines is 1. The summed E-state index contributed by atoms with van der Waals surface area (Å²) in [6.07, 6.45) is 2.70. The molecule has 0 amide bonds. The Kier molecular flexibility index (Phi) is 4.04. The maximum absolute atomic E-state index is 12.4. The second-order valence-electron chi connectivity index (χ2n) is 3.75. The summed E-state index contributed by atoms with van der Waals surface area (Å²) in [5.74, 6) is 0.638. The quantitative estimate of drug-likeness (QED) is 0.894. The minimum absolute atomic E-state index is 0.0174. The van der Waals surface area contributed by atoms with Crippen molar-refractivity contribution < 1.29 is 17.9 Å². The van der Waals surface area contributed by atoms with Crippen LogP contribution in [-0.4, -0.2) is 32.8 Å². The van der Waals surface area contributed by atoms with Crippen LogP contribution in [0.15, 0.2) is 41.6 Å². The predicted molar refractivity (Wildman–Crippen MR) is 72.4 cm³/mol. The molecule has 0 aliphatic rings. The Labute approximate surface area is 116 Å². The molecule has 0 radical (unpaired) electrons. The van der Waals surface area contributed by atoms with Gasteiger partial charge in [-0.05, 0) is 18.2 Å². The molecule has 1 aromatic heterocycles. The van der Waals surface area contributed by atoms with Crippen molar-refractivity contribution in [1.29, 1.82) is 0 Å². The van der Waals surface area contributed by atoms with Crippen molar-refractivity contribution in [3.8, 4) is 11.5 Å². The molecule has 0 aliphatic heterocycles. The number of aromatic nitrogens is 2. The molecular formula is C12H13N3O4S. The van der Waals surface area contributed by atoms with Crippen molar-refractivity contribution in [3.05, 3.63) is 36.7 Å². The standard InChI is InChI=1S/C12H13N3O4S/c1-18-10-3-4-11(19-2)12(7-10)20(16,17)15-9-5-6-13-14-8-9/h3-8H,1-2H3,(H,13,15). The molecule has 0 saturated carbocycles. The van der Waals surface area contributed by atoms with Crippen LogP contribution in [0.3, 0.4) is 0 Å². The van der Waals surface area contributed by atoms with Gasteiger partial charge in [0, 0.05) is 6.07 Å². The highest BCUT2D eigenvalue weighted by Gasteiger charge is 2.20. The van der Waals surface area contributed by atoms with E-state index in [9.17, 15) is 8.42 Å². The van der Waals surface area contributed by atoms with Crippen LogP contribution in [-0.2, 0) is 10.0 Å². The van der Waals surface area contributed by atoms with Gasteiger partial charge in [-0.3, -0.25) is 4.72 Å². The van der Waals surface area contributed by atoms with E-state index in [2.05, 4.69) is 14.9 Å². The van der Waals surface area contributed by atoms with Gasteiger partial charge in [0.2, 0.25) is 0 Å². The maximum atomic E-state index is 12.4. The Morgan fingerprint density at radius 3 is 2.50 bits per heavy atom. The molecule has 2 aromatic rings. The number of rotatable bonds is 5. The Balaban J connectivity index is 2.43. The first kappa shape index (κ1) is 14.1. The van der Waals surface area contributed by atoms with Crippen molar-refractivity contribution in [1.82, 2.24) is 10.2 Å². The van der Waals surface area contributed by atoms with E-state index in [0.717, 1.165) is 0 Å². The van der Waals surface area contributed by atoms with Crippen LogP contribution < -0.4 is 14.2 Å².